The van der Waals surface area contributed by atoms with Crippen LogP contribution in [0.5, 0.6) is 5.75 Å². The van der Waals surface area contributed by atoms with Crippen molar-refractivity contribution >= 4 is 0 Å². The predicted molar refractivity (Wildman–Crippen MR) is 103 cm³/mol. The molecular weight excluding hydrogens is 376 g/mol. The van der Waals surface area contributed by atoms with Gasteiger partial charge in [0.2, 0.25) is 0 Å². The van der Waals surface area contributed by atoms with Gasteiger partial charge in [-0.15, -0.1) is 0 Å². The molecule has 29 heavy (non-hydrogen) atoms. The number of rotatable bonds is 4. The molecule has 4 N–H and O–H groups in total. The number of aliphatic hydroxyl groups is 4. The zero-order valence-electron chi connectivity index (χ0n) is 16.1. The van der Waals surface area contributed by atoms with Crippen molar-refractivity contribution in [2.45, 2.75) is 50.0 Å². The summed E-state index contributed by atoms with van der Waals surface area (Å²) < 4.78 is 17.2. The molecule has 2 aromatic rings. The molecule has 0 saturated carbocycles. The fourth-order valence-electron chi connectivity index (χ4n) is 3.92. The number of fused-ring (bicyclic) bond motifs is 1. The van der Waals surface area contributed by atoms with Crippen molar-refractivity contribution in [1.82, 2.24) is 0 Å². The molecule has 2 aliphatic heterocycles. The molecule has 0 amide bonds. The normalized spacial score (nSPS) is 31.8. The molecule has 0 aromatic heterocycles. The van der Waals surface area contributed by atoms with Crippen LogP contribution in [-0.2, 0) is 15.9 Å². The molecule has 7 nitrogen and oxygen atoms in total. The van der Waals surface area contributed by atoms with Crippen molar-refractivity contribution < 1.29 is 34.6 Å². The number of hydrogen-bond acceptors (Lipinski definition) is 7. The van der Waals surface area contributed by atoms with Crippen LogP contribution in [0.15, 0.2) is 42.5 Å². The summed E-state index contributed by atoms with van der Waals surface area (Å²) in [5.74, 6) is 0.675. The molecule has 2 heterocycles. The van der Waals surface area contributed by atoms with Crippen molar-refractivity contribution in [2.24, 2.45) is 0 Å². The van der Waals surface area contributed by atoms with Crippen LogP contribution in [0.4, 0.5) is 0 Å². The molecule has 2 aromatic carbocycles. The van der Waals surface area contributed by atoms with Crippen LogP contribution in [0.2, 0.25) is 0 Å². The Bertz CT molecular complexity index is 836. The van der Waals surface area contributed by atoms with Gasteiger partial charge in [0.25, 0.3) is 0 Å². The SMILES string of the molecule is CCc1ccc([C@@H]2OCOc3ccc([C@@H]4O[C@H](CO)[C@@H](O)[C@H](O)[C@H]4O)cc32)cc1. The Kier molecular flexibility index (Phi) is 5.87. The first-order valence-corrected chi connectivity index (χ1v) is 9.81. The van der Waals surface area contributed by atoms with Gasteiger partial charge in [-0.1, -0.05) is 37.3 Å². The summed E-state index contributed by atoms with van der Waals surface area (Å²) in [5, 5.41) is 40.0. The maximum absolute atomic E-state index is 10.4. The summed E-state index contributed by atoms with van der Waals surface area (Å²) in [6.45, 7) is 1.76. The predicted octanol–water partition coefficient (Wildman–Crippen LogP) is 1.22. The number of hydrogen-bond donors (Lipinski definition) is 4. The van der Waals surface area contributed by atoms with E-state index in [1.165, 1.54) is 5.56 Å². The number of ether oxygens (including phenoxy) is 3. The van der Waals surface area contributed by atoms with E-state index in [0.717, 1.165) is 17.5 Å². The monoisotopic (exact) mass is 402 g/mol. The van der Waals surface area contributed by atoms with Crippen molar-refractivity contribution in [2.75, 3.05) is 13.4 Å². The van der Waals surface area contributed by atoms with Gasteiger partial charge in [-0.05, 0) is 35.2 Å². The molecule has 0 bridgehead atoms. The largest absolute Gasteiger partial charge is 0.467 e. The zero-order chi connectivity index (χ0) is 20.5. The summed E-state index contributed by atoms with van der Waals surface area (Å²) in [4.78, 5) is 0. The molecule has 1 fully saturated rings. The number of benzene rings is 2. The maximum Gasteiger partial charge on any atom is 0.190 e. The molecule has 0 unspecified atom stereocenters. The molecule has 4 rings (SSSR count). The average Bonchev–Trinajstić information content (AvgIpc) is 2.77. The molecule has 6 atom stereocenters. The first-order valence-electron chi connectivity index (χ1n) is 9.81. The fourth-order valence-corrected chi connectivity index (χ4v) is 3.92. The van der Waals surface area contributed by atoms with Crippen LogP contribution < -0.4 is 4.74 Å². The third kappa shape index (κ3) is 3.77. The summed E-state index contributed by atoms with van der Waals surface area (Å²) in [5.41, 5.74) is 3.61. The lowest BCUT2D eigenvalue weighted by atomic mass is 9.89. The van der Waals surface area contributed by atoms with E-state index in [1.807, 2.05) is 18.2 Å². The minimum Gasteiger partial charge on any atom is -0.467 e. The Balaban J connectivity index is 1.67. The molecule has 156 valence electrons. The van der Waals surface area contributed by atoms with E-state index in [0.29, 0.717) is 11.3 Å². The van der Waals surface area contributed by atoms with Gasteiger partial charge >= 0.3 is 0 Å². The lowest BCUT2D eigenvalue weighted by Gasteiger charge is -2.40. The summed E-state index contributed by atoms with van der Waals surface area (Å²) in [7, 11) is 0. The first-order chi connectivity index (χ1) is 14.0. The van der Waals surface area contributed by atoms with Crippen LogP contribution >= 0.6 is 0 Å². The van der Waals surface area contributed by atoms with Crippen LogP contribution in [0.25, 0.3) is 0 Å². The topological polar surface area (TPSA) is 109 Å². The van der Waals surface area contributed by atoms with Gasteiger partial charge in [-0.25, -0.2) is 0 Å². The Hall–Kier alpha value is -2.00. The van der Waals surface area contributed by atoms with Gasteiger partial charge in [0.1, 0.15) is 42.4 Å². The van der Waals surface area contributed by atoms with Gasteiger partial charge in [-0.3, -0.25) is 0 Å². The van der Waals surface area contributed by atoms with Crippen LogP contribution in [0.3, 0.4) is 0 Å². The van der Waals surface area contributed by atoms with E-state index < -0.39 is 37.1 Å². The van der Waals surface area contributed by atoms with Crippen molar-refractivity contribution in [1.29, 1.82) is 0 Å². The fraction of sp³-hybridized carbons (Fsp3) is 0.455. The smallest absolute Gasteiger partial charge is 0.190 e. The summed E-state index contributed by atoms with van der Waals surface area (Å²) in [6.07, 6.45) is -5.40. The minimum atomic E-state index is -1.42. The summed E-state index contributed by atoms with van der Waals surface area (Å²) >= 11 is 0. The maximum atomic E-state index is 10.4. The summed E-state index contributed by atoms with van der Waals surface area (Å²) in [6, 6.07) is 13.5. The molecule has 0 aliphatic carbocycles. The Labute approximate surface area is 169 Å². The van der Waals surface area contributed by atoms with Crippen molar-refractivity contribution in [3.8, 4) is 5.75 Å². The van der Waals surface area contributed by atoms with E-state index in [4.69, 9.17) is 14.2 Å². The second kappa shape index (κ2) is 8.39. The third-order valence-electron chi connectivity index (χ3n) is 5.68. The standard InChI is InChI=1S/C22H26O7/c1-2-12-3-5-13(6-4-12)21-15-9-14(7-8-16(15)27-11-28-21)22-20(26)19(25)18(24)17(10-23)29-22/h3-9,17-26H,2,10-11H2,1H3/t17-,18-,19+,20-,21+,22+/m1/s1. The Morgan fingerprint density at radius 1 is 0.931 bits per heavy atom. The zero-order valence-corrected chi connectivity index (χ0v) is 16.1. The lowest BCUT2D eigenvalue weighted by molar-refractivity contribution is -0.231. The quantitative estimate of drug-likeness (QED) is 0.609. The van der Waals surface area contributed by atoms with Crippen LogP contribution in [0, 0.1) is 0 Å². The van der Waals surface area contributed by atoms with E-state index in [1.54, 1.807) is 12.1 Å². The van der Waals surface area contributed by atoms with Crippen molar-refractivity contribution in [3.05, 3.63) is 64.7 Å². The van der Waals surface area contributed by atoms with Crippen LogP contribution in [0.1, 0.15) is 41.4 Å². The number of aryl methyl sites for hydroxylation is 1. The number of aliphatic hydroxyl groups excluding tert-OH is 4. The Morgan fingerprint density at radius 2 is 1.66 bits per heavy atom. The van der Waals surface area contributed by atoms with Crippen molar-refractivity contribution in [3.63, 3.8) is 0 Å². The Morgan fingerprint density at radius 3 is 2.34 bits per heavy atom. The molecule has 0 spiro atoms. The third-order valence-corrected chi connectivity index (χ3v) is 5.68. The highest BCUT2D eigenvalue weighted by molar-refractivity contribution is 5.45. The van der Waals surface area contributed by atoms with Gasteiger partial charge in [0.05, 0.1) is 6.61 Å². The second-order valence-electron chi connectivity index (χ2n) is 7.45. The molecule has 7 heteroatoms. The molecule has 0 radical (unpaired) electrons. The molecule has 2 aliphatic rings. The minimum absolute atomic E-state index is 0.132. The van der Waals surface area contributed by atoms with Gasteiger partial charge in [0, 0.05) is 5.56 Å². The van der Waals surface area contributed by atoms with Gasteiger partial charge < -0.3 is 34.6 Å². The lowest BCUT2D eigenvalue weighted by Crippen LogP contribution is -2.55. The van der Waals surface area contributed by atoms with Crippen LogP contribution in [-0.4, -0.2) is 58.2 Å². The molecular formula is C22H26O7. The highest BCUT2D eigenvalue weighted by Gasteiger charge is 2.44. The van der Waals surface area contributed by atoms with E-state index in [2.05, 4.69) is 19.1 Å². The van der Waals surface area contributed by atoms with E-state index >= 15 is 0 Å². The van der Waals surface area contributed by atoms with E-state index in [-0.39, 0.29) is 12.9 Å². The highest BCUT2D eigenvalue weighted by Crippen LogP contribution is 2.40. The van der Waals surface area contributed by atoms with Gasteiger partial charge in [-0.2, -0.15) is 0 Å². The highest BCUT2D eigenvalue weighted by atomic mass is 16.7. The second-order valence-corrected chi connectivity index (χ2v) is 7.45. The van der Waals surface area contributed by atoms with Gasteiger partial charge in [0.15, 0.2) is 6.79 Å². The van der Waals surface area contributed by atoms with E-state index in [9.17, 15) is 20.4 Å². The first kappa shape index (κ1) is 20.3. The molecule has 1 saturated heterocycles. The average molecular weight is 402 g/mol.